The average molecular weight is 841 g/mol. The number of rotatable bonds is 12. The van der Waals surface area contributed by atoms with Crippen LogP contribution < -0.4 is 0 Å². The van der Waals surface area contributed by atoms with Gasteiger partial charge in [0.2, 0.25) is 0 Å². The van der Waals surface area contributed by atoms with Gasteiger partial charge >= 0.3 is 23.9 Å². The van der Waals surface area contributed by atoms with Crippen LogP contribution in [0.1, 0.15) is 22.3 Å². The molecule has 1 saturated carbocycles. The van der Waals surface area contributed by atoms with E-state index in [1.54, 1.807) is 6.08 Å². The van der Waals surface area contributed by atoms with Gasteiger partial charge in [0.1, 0.15) is 31.8 Å². The van der Waals surface area contributed by atoms with Crippen LogP contribution in [-0.4, -0.2) is 23.9 Å². The van der Waals surface area contributed by atoms with Crippen LogP contribution in [0, 0.1) is 23.2 Å². The van der Waals surface area contributed by atoms with Crippen molar-refractivity contribution in [1.29, 1.82) is 0 Å². The van der Waals surface area contributed by atoms with E-state index in [9.17, 15) is 19.2 Å². The lowest BCUT2D eigenvalue weighted by atomic mass is 9.31. The van der Waals surface area contributed by atoms with Gasteiger partial charge in [0.05, 0.1) is 16.7 Å². The van der Waals surface area contributed by atoms with E-state index in [0.29, 0.717) is 0 Å². The normalized spacial score (nSPS) is 19.4. The van der Waals surface area contributed by atoms with Gasteiger partial charge in [-0.05, 0) is 89.6 Å². The van der Waals surface area contributed by atoms with Crippen LogP contribution in [0.4, 0.5) is 0 Å². The van der Waals surface area contributed by atoms with Gasteiger partial charge in [-0.15, -0.1) is 0 Å². The summed E-state index contributed by atoms with van der Waals surface area (Å²) in [4.78, 5) is 57.6. The average Bonchev–Trinajstić information content (AvgIpc) is 3.32. The Balaban J connectivity index is 0.912. The molecule has 0 heterocycles. The van der Waals surface area contributed by atoms with Crippen LogP contribution in [-0.2, 0) is 64.6 Å². The van der Waals surface area contributed by atoms with Crippen LogP contribution in [0.3, 0.4) is 0 Å². The first-order valence-corrected chi connectivity index (χ1v) is 21.4. The van der Waals surface area contributed by atoms with E-state index in [-0.39, 0.29) is 43.1 Å². The molecule has 0 spiro atoms. The standard InChI is InChI=1S/C56H40O8/c57-52(61-30-34-17-21-38-9-1-5-13-42(38)25-34)47-29-46-48-49(53(58)62-31-35-18-22-39-10-2-6-14-43(39)26-35)50(54(59)63-32-36-19-23-40-11-3-7-15-44(40)27-36)51(48)56(46,47)55(60)64-33-37-20-24-41-12-4-8-16-45(41)28-37/h1-29,46,48,51H,30-33H2/t46-,48-,51-,56-/m0/s1. The summed E-state index contributed by atoms with van der Waals surface area (Å²) in [7, 11) is 0. The maximum Gasteiger partial charge on any atom is 0.335 e. The fourth-order valence-electron chi connectivity index (χ4n) is 10.0. The van der Waals surface area contributed by atoms with E-state index in [4.69, 9.17) is 18.9 Å². The molecule has 8 nitrogen and oxygen atoms in total. The van der Waals surface area contributed by atoms with E-state index >= 15 is 0 Å². The number of carbonyl (C=O) groups is 4. The summed E-state index contributed by atoms with van der Waals surface area (Å²) >= 11 is 0. The van der Waals surface area contributed by atoms with Crippen molar-refractivity contribution in [2.24, 2.45) is 23.2 Å². The van der Waals surface area contributed by atoms with Crippen LogP contribution in [0.5, 0.6) is 0 Å². The predicted molar refractivity (Wildman–Crippen MR) is 243 cm³/mol. The van der Waals surface area contributed by atoms with Crippen molar-refractivity contribution in [1.82, 2.24) is 0 Å². The van der Waals surface area contributed by atoms with Crippen molar-refractivity contribution in [2.75, 3.05) is 0 Å². The van der Waals surface area contributed by atoms with E-state index in [0.717, 1.165) is 65.3 Å². The highest BCUT2D eigenvalue weighted by Gasteiger charge is 2.81. The minimum atomic E-state index is -1.58. The van der Waals surface area contributed by atoms with E-state index in [1.807, 2.05) is 170 Å². The molecule has 8 aromatic carbocycles. The second-order valence-corrected chi connectivity index (χ2v) is 16.8. The van der Waals surface area contributed by atoms with Crippen LogP contribution in [0.15, 0.2) is 193 Å². The fourth-order valence-corrected chi connectivity index (χ4v) is 10.0. The molecule has 0 unspecified atom stereocenters. The Hall–Kier alpha value is -7.84. The van der Waals surface area contributed by atoms with Crippen molar-refractivity contribution < 1.29 is 38.1 Å². The molecule has 1 fully saturated rings. The Kier molecular flexibility index (Phi) is 9.64. The predicted octanol–water partition coefficient (Wildman–Crippen LogP) is 10.7. The number of allylic oxidation sites excluding steroid dienone is 1. The molecule has 0 aliphatic heterocycles. The summed E-state index contributed by atoms with van der Waals surface area (Å²) in [5.41, 5.74) is 1.76. The van der Waals surface area contributed by atoms with Gasteiger partial charge in [-0.3, -0.25) is 4.79 Å². The van der Waals surface area contributed by atoms with E-state index < -0.39 is 47.0 Å². The van der Waals surface area contributed by atoms with Gasteiger partial charge in [-0.25, -0.2) is 14.4 Å². The summed E-state index contributed by atoms with van der Waals surface area (Å²) in [5.74, 6) is -4.89. The fraction of sp³-hybridized carbons (Fsp3) is 0.143. The molecule has 0 radical (unpaired) electrons. The van der Waals surface area contributed by atoms with Gasteiger partial charge in [-0.2, -0.15) is 0 Å². The molecular weight excluding hydrogens is 801 g/mol. The van der Waals surface area contributed by atoms with Crippen molar-refractivity contribution in [3.05, 3.63) is 215 Å². The first-order valence-electron chi connectivity index (χ1n) is 21.4. The summed E-state index contributed by atoms with van der Waals surface area (Å²) in [5, 5.41) is 8.17. The SMILES string of the molecule is O=C(OCc1ccc2ccccc2c1)C1=C[C@H]2[C@H]3C(C(=O)OCc4ccc5ccccc5c4)=C(C(=O)OCc4ccc5ccccc5c4)[C@H]3[C@@]12C(=O)OCc1ccc2ccccc2c1. The molecule has 0 saturated heterocycles. The molecule has 3 aliphatic carbocycles. The number of fused-ring (bicyclic) bond motifs is 8. The van der Waals surface area contributed by atoms with Crippen LogP contribution >= 0.6 is 0 Å². The largest absolute Gasteiger partial charge is 0.460 e. The molecule has 0 aromatic heterocycles. The molecular formula is C56H40O8. The van der Waals surface area contributed by atoms with E-state index in [1.165, 1.54) is 0 Å². The highest BCUT2D eigenvalue weighted by atomic mass is 16.5. The number of carbonyl (C=O) groups excluding carboxylic acids is 4. The lowest BCUT2D eigenvalue weighted by Crippen LogP contribution is -2.73. The third-order valence-corrected chi connectivity index (χ3v) is 13.2. The van der Waals surface area contributed by atoms with Crippen LogP contribution in [0.25, 0.3) is 43.1 Å². The molecule has 4 atom stereocenters. The molecule has 11 rings (SSSR count). The van der Waals surface area contributed by atoms with Gasteiger partial charge < -0.3 is 18.9 Å². The van der Waals surface area contributed by atoms with Gasteiger partial charge in [0, 0.05) is 17.8 Å². The lowest BCUT2D eigenvalue weighted by Gasteiger charge is -2.68. The zero-order valence-corrected chi connectivity index (χ0v) is 34.6. The second kappa shape index (κ2) is 15.8. The van der Waals surface area contributed by atoms with Crippen molar-refractivity contribution >= 4 is 67.0 Å². The molecule has 3 aliphatic rings. The third kappa shape index (κ3) is 6.61. The highest BCUT2D eigenvalue weighted by molar-refractivity contribution is 6.12. The molecule has 8 heteroatoms. The summed E-state index contributed by atoms with van der Waals surface area (Å²) in [6.45, 7) is -0.217. The Bertz CT molecular complexity index is 3310. The minimum Gasteiger partial charge on any atom is -0.460 e. The first-order chi connectivity index (χ1) is 31.3. The topological polar surface area (TPSA) is 105 Å². The molecule has 8 aromatic rings. The Labute approximate surface area is 368 Å². The van der Waals surface area contributed by atoms with E-state index in [2.05, 4.69) is 0 Å². The maximum atomic E-state index is 14.8. The van der Waals surface area contributed by atoms with Gasteiger partial charge in [0.15, 0.2) is 0 Å². The molecule has 0 amide bonds. The Morgan fingerprint density at radius 1 is 0.391 bits per heavy atom. The zero-order chi connectivity index (χ0) is 43.4. The quantitative estimate of drug-likeness (QED) is 0.0885. The van der Waals surface area contributed by atoms with Crippen molar-refractivity contribution in [3.63, 3.8) is 0 Å². The molecule has 312 valence electrons. The molecule has 64 heavy (non-hydrogen) atoms. The first kappa shape index (κ1) is 39.0. The van der Waals surface area contributed by atoms with Gasteiger partial charge in [-0.1, -0.05) is 152 Å². The monoisotopic (exact) mass is 840 g/mol. The third-order valence-electron chi connectivity index (χ3n) is 13.2. The lowest BCUT2D eigenvalue weighted by molar-refractivity contribution is -0.192. The number of hydrogen-bond acceptors (Lipinski definition) is 8. The smallest absolute Gasteiger partial charge is 0.335 e. The maximum absolute atomic E-state index is 14.8. The summed E-state index contributed by atoms with van der Waals surface area (Å²) < 4.78 is 23.9. The summed E-state index contributed by atoms with van der Waals surface area (Å²) in [6.07, 6.45) is 1.69. The number of hydrogen-bond donors (Lipinski definition) is 0. The highest BCUT2D eigenvalue weighted by Crippen LogP contribution is 2.76. The minimum absolute atomic E-state index is 0.0149. The summed E-state index contributed by atoms with van der Waals surface area (Å²) in [6, 6.07) is 54.9. The number of ether oxygens (including phenoxy) is 4. The Morgan fingerprint density at radius 3 is 1.14 bits per heavy atom. The number of esters is 4. The number of benzene rings is 8. The van der Waals surface area contributed by atoms with Crippen molar-refractivity contribution in [3.8, 4) is 0 Å². The van der Waals surface area contributed by atoms with Gasteiger partial charge in [0.25, 0.3) is 0 Å². The molecule has 0 bridgehead atoms. The zero-order valence-electron chi connectivity index (χ0n) is 34.6. The van der Waals surface area contributed by atoms with Crippen molar-refractivity contribution in [2.45, 2.75) is 26.4 Å². The second-order valence-electron chi connectivity index (χ2n) is 16.8. The van der Waals surface area contributed by atoms with Crippen LogP contribution in [0.2, 0.25) is 0 Å². The molecule has 0 N–H and O–H groups in total. The Morgan fingerprint density at radius 2 is 0.734 bits per heavy atom.